The molecule has 2 aliphatic rings. The largest absolute Gasteiger partial charge is 0.280 e. The predicted octanol–water partition coefficient (Wildman–Crippen LogP) is 5.05. The van der Waals surface area contributed by atoms with Gasteiger partial charge in [0, 0.05) is 25.2 Å². The smallest absolute Gasteiger partial charge is 0.147 e. The SMILES string of the molecule is [C](N1CCCCC1)N1[C@@H](c2ccccc2)CC[C@@H]1c1ccccc1. The first-order valence-electron chi connectivity index (χ1n) is 9.31. The van der Waals surface area contributed by atoms with E-state index in [2.05, 4.69) is 77.1 Å². The van der Waals surface area contributed by atoms with Crippen LogP contribution >= 0.6 is 0 Å². The van der Waals surface area contributed by atoms with Crippen molar-refractivity contribution in [2.75, 3.05) is 13.1 Å². The van der Waals surface area contributed by atoms with Crippen molar-refractivity contribution in [1.29, 1.82) is 0 Å². The molecule has 2 heteroatoms. The Morgan fingerprint density at radius 2 is 1.17 bits per heavy atom. The van der Waals surface area contributed by atoms with E-state index in [-0.39, 0.29) is 0 Å². The number of likely N-dealkylation sites (tertiary alicyclic amines) is 2. The molecule has 0 spiro atoms. The van der Waals surface area contributed by atoms with Gasteiger partial charge >= 0.3 is 0 Å². The maximum Gasteiger partial charge on any atom is 0.147 e. The van der Waals surface area contributed by atoms with Gasteiger partial charge in [-0.25, -0.2) is 0 Å². The van der Waals surface area contributed by atoms with Crippen LogP contribution in [-0.2, 0) is 0 Å². The standard InChI is InChI=1S/C22H26N2/c1-4-10-19(11-5-1)21-14-15-22(20-12-6-2-7-13-20)24(21)18-23-16-8-3-9-17-23/h1-2,4-7,10-13,21-22H,3,8-9,14-17H2/t21-,22-/m1/s1. The maximum atomic E-state index is 3.78. The summed E-state index contributed by atoms with van der Waals surface area (Å²) in [5.41, 5.74) is 2.83. The lowest BCUT2D eigenvalue weighted by Gasteiger charge is -2.35. The highest BCUT2D eigenvalue weighted by molar-refractivity contribution is 5.26. The minimum Gasteiger partial charge on any atom is -0.280 e. The number of rotatable bonds is 4. The average molecular weight is 318 g/mol. The third kappa shape index (κ3) is 3.40. The average Bonchev–Trinajstić information content (AvgIpc) is 3.07. The molecule has 0 N–H and O–H groups in total. The van der Waals surface area contributed by atoms with Crippen molar-refractivity contribution in [1.82, 2.24) is 9.80 Å². The molecule has 2 heterocycles. The van der Waals surface area contributed by atoms with Crippen LogP contribution in [0.25, 0.3) is 0 Å². The molecule has 2 aromatic carbocycles. The van der Waals surface area contributed by atoms with Crippen LogP contribution < -0.4 is 0 Å². The highest BCUT2D eigenvalue weighted by atomic mass is 15.3. The van der Waals surface area contributed by atoms with Crippen molar-refractivity contribution in [3.05, 3.63) is 78.5 Å². The molecular weight excluding hydrogens is 292 g/mol. The molecule has 0 bridgehead atoms. The fourth-order valence-corrected chi connectivity index (χ4v) is 4.11. The third-order valence-corrected chi connectivity index (χ3v) is 5.37. The van der Waals surface area contributed by atoms with E-state index in [0.29, 0.717) is 12.1 Å². The van der Waals surface area contributed by atoms with E-state index in [0.717, 1.165) is 13.1 Å². The fourth-order valence-electron chi connectivity index (χ4n) is 4.11. The lowest BCUT2D eigenvalue weighted by atomic mass is 10.0. The Kier molecular flexibility index (Phi) is 4.96. The van der Waals surface area contributed by atoms with E-state index in [1.165, 1.54) is 43.2 Å². The Hall–Kier alpha value is -1.64. The maximum absolute atomic E-state index is 3.78. The molecule has 0 aliphatic carbocycles. The number of piperidine rings is 1. The molecule has 0 amide bonds. The highest BCUT2D eigenvalue weighted by Gasteiger charge is 2.37. The molecule has 2 radical (unpaired) electrons. The first-order chi connectivity index (χ1) is 11.9. The summed E-state index contributed by atoms with van der Waals surface area (Å²) < 4.78 is 0. The minimum absolute atomic E-state index is 0.443. The van der Waals surface area contributed by atoms with Crippen molar-refractivity contribution in [3.8, 4) is 0 Å². The molecule has 2 nitrogen and oxygen atoms in total. The van der Waals surface area contributed by atoms with Gasteiger partial charge in [0.15, 0.2) is 0 Å². The topological polar surface area (TPSA) is 6.48 Å². The van der Waals surface area contributed by atoms with Gasteiger partial charge in [-0.3, -0.25) is 9.80 Å². The summed E-state index contributed by atoms with van der Waals surface area (Å²) in [5.74, 6) is 0. The number of nitrogens with zero attached hydrogens (tertiary/aromatic N) is 2. The van der Waals surface area contributed by atoms with Crippen molar-refractivity contribution < 1.29 is 0 Å². The van der Waals surface area contributed by atoms with Crippen molar-refractivity contribution >= 4 is 0 Å². The Labute approximate surface area is 146 Å². The number of hydrogen-bond donors (Lipinski definition) is 0. The van der Waals surface area contributed by atoms with Gasteiger partial charge in [0.05, 0.1) is 0 Å². The molecule has 4 rings (SSSR count). The number of hydrogen-bond acceptors (Lipinski definition) is 2. The Balaban J connectivity index is 1.59. The fraction of sp³-hybridized carbons (Fsp3) is 0.409. The number of benzene rings is 2. The zero-order valence-corrected chi connectivity index (χ0v) is 14.3. The van der Waals surface area contributed by atoms with E-state index < -0.39 is 0 Å². The second-order valence-corrected chi connectivity index (χ2v) is 6.99. The van der Waals surface area contributed by atoms with Gasteiger partial charge in [-0.1, -0.05) is 67.1 Å². The van der Waals surface area contributed by atoms with Crippen molar-refractivity contribution in [2.24, 2.45) is 0 Å². The molecule has 24 heavy (non-hydrogen) atoms. The van der Waals surface area contributed by atoms with Crippen molar-refractivity contribution in [3.63, 3.8) is 0 Å². The van der Waals surface area contributed by atoms with Gasteiger partial charge in [0.2, 0.25) is 0 Å². The lowest BCUT2D eigenvalue weighted by Crippen LogP contribution is -2.37. The van der Waals surface area contributed by atoms with Crippen molar-refractivity contribution in [2.45, 2.75) is 44.2 Å². The van der Waals surface area contributed by atoms with Crippen LogP contribution in [0.5, 0.6) is 0 Å². The first kappa shape index (κ1) is 15.9. The summed E-state index contributed by atoms with van der Waals surface area (Å²) in [7, 11) is 0. The van der Waals surface area contributed by atoms with E-state index in [1.54, 1.807) is 0 Å². The summed E-state index contributed by atoms with van der Waals surface area (Å²) in [6.45, 7) is 6.09. The zero-order chi connectivity index (χ0) is 16.2. The third-order valence-electron chi connectivity index (χ3n) is 5.37. The first-order valence-corrected chi connectivity index (χ1v) is 9.31. The van der Waals surface area contributed by atoms with Crippen LogP contribution in [0.2, 0.25) is 0 Å². The van der Waals surface area contributed by atoms with E-state index in [4.69, 9.17) is 0 Å². The molecule has 2 atom stereocenters. The zero-order valence-electron chi connectivity index (χ0n) is 14.3. The van der Waals surface area contributed by atoms with Gasteiger partial charge in [-0.2, -0.15) is 0 Å². The van der Waals surface area contributed by atoms with Gasteiger partial charge in [0.1, 0.15) is 6.67 Å². The lowest BCUT2D eigenvalue weighted by molar-refractivity contribution is 0.134. The van der Waals surface area contributed by atoms with Gasteiger partial charge < -0.3 is 0 Å². The second kappa shape index (κ2) is 7.50. The summed E-state index contributed by atoms with van der Waals surface area (Å²) in [6.07, 6.45) is 6.36. The van der Waals surface area contributed by atoms with Gasteiger partial charge in [-0.05, 0) is 36.8 Å². The molecule has 2 aromatic rings. The molecule has 0 unspecified atom stereocenters. The van der Waals surface area contributed by atoms with Crippen LogP contribution in [0.3, 0.4) is 0 Å². The van der Waals surface area contributed by atoms with Crippen LogP contribution in [0.15, 0.2) is 60.7 Å². The van der Waals surface area contributed by atoms with E-state index in [9.17, 15) is 0 Å². The van der Waals surface area contributed by atoms with Crippen LogP contribution in [-0.4, -0.2) is 22.9 Å². The highest BCUT2D eigenvalue weighted by Crippen LogP contribution is 2.45. The molecule has 2 aliphatic heterocycles. The van der Waals surface area contributed by atoms with E-state index >= 15 is 0 Å². The van der Waals surface area contributed by atoms with Crippen LogP contribution in [0, 0.1) is 6.67 Å². The van der Waals surface area contributed by atoms with Gasteiger partial charge in [0.25, 0.3) is 0 Å². The summed E-state index contributed by atoms with van der Waals surface area (Å²) in [6, 6.07) is 22.8. The normalized spacial score (nSPS) is 25.8. The molecule has 2 fully saturated rings. The monoisotopic (exact) mass is 318 g/mol. The van der Waals surface area contributed by atoms with Gasteiger partial charge in [-0.15, -0.1) is 0 Å². The van der Waals surface area contributed by atoms with Crippen LogP contribution in [0.4, 0.5) is 0 Å². The molecule has 2 saturated heterocycles. The molecule has 0 saturated carbocycles. The summed E-state index contributed by atoms with van der Waals surface area (Å²) in [5, 5.41) is 0. The minimum atomic E-state index is 0.443. The predicted molar refractivity (Wildman–Crippen MR) is 98.1 cm³/mol. The molecule has 124 valence electrons. The second-order valence-electron chi connectivity index (χ2n) is 6.99. The molecule has 0 aromatic heterocycles. The Morgan fingerprint density at radius 1 is 0.667 bits per heavy atom. The molecular formula is C22H26N2. The Morgan fingerprint density at radius 3 is 1.67 bits per heavy atom. The van der Waals surface area contributed by atoms with Crippen LogP contribution in [0.1, 0.15) is 55.3 Å². The summed E-state index contributed by atoms with van der Waals surface area (Å²) >= 11 is 0. The van der Waals surface area contributed by atoms with E-state index in [1.807, 2.05) is 0 Å². The summed E-state index contributed by atoms with van der Waals surface area (Å²) in [4.78, 5) is 4.93. The Bertz CT molecular complexity index is 571. The quantitative estimate of drug-likeness (QED) is 0.778.